The maximum Gasteiger partial charge on any atom is 0.387 e. The van der Waals surface area contributed by atoms with E-state index in [2.05, 4.69) is 10.1 Å². The summed E-state index contributed by atoms with van der Waals surface area (Å²) in [6.45, 7) is -2.99. The number of amides is 1. The van der Waals surface area contributed by atoms with Gasteiger partial charge < -0.3 is 14.8 Å². The third kappa shape index (κ3) is 5.86. The van der Waals surface area contributed by atoms with Crippen molar-refractivity contribution in [1.29, 1.82) is 0 Å². The van der Waals surface area contributed by atoms with Crippen LogP contribution in [0.1, 0.15) is 5.56 Å². The van der Waals surface area contributed by atoms with E-state index in [1.165, 1.54) is 18.2 Å². The summed E-state index contributed by atoms with van der Waals surface area (Å²) in [4.78, 5) is 11.8. The minimum Gasteiger partial charge on any atom is -0.482 e. The van der Waals surface area contributed by atoms with Crippen molar-refractivity contribution >= 4 is 29.1 Å². The van der Waals surface area contributed by atoms with E-state index >= 15 is 0 Å². The zero-order chi connectivity index (χ0) is 17.5. The third-order valence-electron chi connectivity index (χ3n) is 2.87. The second-order valence-corrected chi connectivity index (χ2v) is 5.51. The summed E-state index contributed by atoms with van der Waals surface area (Å²) in [5.41, 5.74) is 0.617. The highest BCUT2D eigenvalue weighted by molar-refractivity contribution is 6.35. The fourth-order valence-corrected chi connectivity index (χ4v) is 2.28. The molecule has 0 aliphatic carbocycles. The summed E-state index contributed by atoms with van der Waals surface area (Å²) in [5.74, 6) is -0.0225. The number of alkyl halides is 2. The van der Waals surface area contributed by atoms with E-state index in [4.69, 9.17) is 27.9 Å². The number of ether oxygens (including phenoxy) is 2. The third-order valence-corrected chi connectivity index (χ3v) is 3.40. The lowest BCUT2D eigenvalue weighted by molar-refractivity contribution is -0.123. The fraction of sp³-hybridized carbons (Fsp3) is 0.188. The molecule has 8 heteroatoms. The number of carbonyl (C=O) groups excluding carboxylic acids is 1. The van der Waals surface area contributed by atoms with Crippen LogP contribution < -0.4 is 14.8 Å². The lowest BCUT2D eigenvalue weighted by Crippen LogP contribution is -2.28. The monoisotopic (exact) mass is 375 g/mol. The first-order valence-corrected chi connectivity index (χ1v) is 7.58. The van der Waals surface area contributed by atoms with Crippen LogP contribution >= 0.6 is 23.2 Å². The molecular weight excluding hydrogens is 363 g/mol. The van der Waals surface area contributed by atoms with Crippen LogP contribution in [0, 0.1) is 0 Å². The second-order valence-electron chi connectivity index (χ2n) is 4.67. The van der Waals surface area contributed by atoms with Crippen LogP contribution in [-0.4, -0.2) is 19.1 Å². The molecule has 0 bridgehead atoms. The van der Waals surface area contributed by atoms with Crippen molar-refractivity contribution in [2.45, 2.75) is 13.2 Å². The molecule has 0 atom stereocenters. The van der Waals surface area contributed by atoms with Gasteiger partial charge >= 0.3 is 6.61 Å². The van der Waals surface area contributed by atoms with Gasteiger partial charge in [-0.2, -0.15) is 8.78 Å². The Labute approximate surface area is 147 Å². The quantitative estimate of drug-likeness (QED) is 0.784. The Hall–Kier alpha value is -2.05. The van der Waals surface area contributed by atoms with Crippen molar-refractivity contribution in [2.75, 3.05) is 6.61 Å². The highest BCUT2D eigenvalue weighted by Crippen LogP contribution is 2.27. The topological polar surface area (TPSA) is 47.6 Å². The van der Waals surface area contributed by atoms with Crippen LogP contribution in [0.15, 0.2) is 42.5 Å². The summed E-state index contributed by atoms with van der Waals surface area (Å²) in [7, 11) is 0. The Kier molecular flexibility index (Phi) is 6.63. The van der Waals surface area contributed by atoms with Crippen LogP contribution in [0.25, 0.3) is 0 Å². The molecule has 0 spiro atoms. The van der Waals surface area contributed by atoms with E-state index in [9.17, 15) is 13.6 Å². The predicted octanol–water partition coefficient (Wildman–Crippen LogP) is 4.29. The molecule has 0 fully saturated rings. The number of benzene rings is 2. The van der Waals surface area contributed by atoms with E-state index in [0.29, 0.717) is 21.4 Å². The number of nitrogens with one attached hydrogen (secondary N) is 1. The zero-order valence-electron chi connectivity index (χ0n) is 12.3. The molecule has 0 radical (unpaired) electrons. The van der Waals surface area contributed by atoms with Gasteiger partial charge in [0.05, 0.1) is 5.02 Å². The maximum absolute atomic E-state index is 12.2. The molecule has 2 rings (SSSR count). The highest BCUT2D eigenvalue weighted by atomic mass is 35.5. The largest absolute Gasteiger partial charge is 0.482 e. The standard InChI is InChI=1S/C16H13Cl2F2NO3/c17-11-4-5-14(13(18)7-11)23-9-15(22)21-8-10-2-1-3-12(6-10)24-16(19)20/h1-7,16H,8-9H2,(H,21,22). The Morgan fingerprint density at radius 1 is 1.17 bits per heavy atom. The van der Waals surface area contributed by atoms with Gasteiger partial charge in [-0.25, -0.2) is 0 Å². The van der Waals surface area contributed by atoms with Gasteiger partial charge in [-0.1, -0.05) is 35.3 Å². The molecule has 0 saturated heterocycles. The van der Waals surface area contributed by atoms with Gasteiger partial charge in [-0.15, -0.1) is 0 Å². The summed E-state index contributed by atoms with van der Waals surface area (Å²) < 4.78 is 33.9. The SMILES string of the molecule is O=C(COc1ccc(Cl)cc1Cl)NCc1cccc(OC(F)F)c1. The normalized spacial score (nSPS) is 10.5. The fourth-order valence-electron chi connectivity index (χ4n) is 1.82. The van der Waals surface area contributed by atoms with Gasteiger partial charge in [0.2, 0.25) is 0 Å². The van der Waals surface area contributed by atoms with Crippen LogP contribution in [0.3, 0.4) is 0 Å². The van der Waals surface area contributed by atoms with Gasteiger partial charge in [0.15, 0.2) is 6.61 Å². The molecule has 2 aromatic carbocycles. The molecule has 1 N–H and O–H groups in total. The molecule has 4 nitrogen and oxygen atoms in total. The van der Waals surface area contributed by atoms with Crippen molar-refractivity contribution in [2.24, 2.45) is 0 Å². The summed E-state index contributed by atoms with van der Waals surface area (Å²) in [5, 5.41) is 3.36. The number of rotatable bonds is 7. The molecule has 24 heavy (non-hydrogen) atoms. The van der Waals surface area contributed by atoms with E-state index < -0.39 is 6.61 Å². The summed E-state index contributed by atoms with van der Waals surface area (Å²) >= 11 is 11.7. The van der Waals surface area contributed by atoms with Crippen molar-refractivity contribution in [3.05, 3.63) is 58.1 Å². The van der Waals surface area contributed by atoms with Crippen LogP contribution in [0.5, 0.6) is 11.5 Å². The molecule has 128 valence electrons. The number of halogens is 4. The zero-order valence-corrected chi connectivity index (χ0v) is 13.8. The lowest BCUT2D eigenvalue weighted by atomic mass is 10.2. The minimum absolute atomic E-state index is 0.0287. The molecule has 0 aromatic heterocycles. The molecule has 1 amide bonds. The van der Waals surface area contributed by atoms with Crippen molar-refractivity contribution in [3.63, 3.8) is 0 Å². The van der Waals surface area contributed by atoms with Crippen LogP contribution in [-0.2, 0) is 11.3 Å². The van der Waals surface area contributed by atoms with Crippen LogP contribution in [0.2, 0.25) is 10.0 Å². The Morgan fingerprint density at radius 2 is 1.96 bits per heavy atom. The van der Waals surface area contributed by atoms with Crippen molar-refractivity contribution in [3.8, 4) is 11.5 Å². The Morgan fingerprint density at radius 3 is 2.67 bits per heavy atom. The smallest absolute Gasteiger partial charge is 0.387 e. The Bertz CT molecular complexity index is 713. The molecule has 0 aliphatic heterocycles. The predicted molar refractivity (Wildman–Crippen MR) is 86.9 cm³/mol. The molecule has 0 heterocycles. The molecule has 0 aliphatic rings. The maximum atomic E-state index is 12.2. The van der Waals surface area contributed by atoms with E-state index in [1.54, 1.807) is 24.3 Å². The highest BCUT2D eigenvalue weighted by Gasteiger charge is 2.08. The first-order valence-electron chi connectivity index (χ1n) is 6.82. The molecule has 2 aromatic rings. The molecule has 0 saturated carbocycles. The van der Waals surface area contributed by atoms with Gasteiger partial charge in [0, 0.05) is 11.6 Å². The number of hydrogen-bond donors (Lipinski definition) is 1. The van der Waals surface area contributed by atoms with Crippen molar-refractivity contribution in [1.82, 2.24) is 5.32 Å². The van der Waals surface area contributed by atoms with E-state index in [-0.39, 0.29) is 24.8 Å². The summed E-state index contributed by atoms with van der Waals surface area (Å²) in [6, 6.07) is 10.7. The average Bonchev–Trinajstić information content (AvgIpc) is 2.52. The first-order chi connectivity index (χ1) is 11.4. The van der Waals surface area contributed by atoms with E-state index in [1.807, 2.05) is 0 Å². The molecule has 0 unspecified atom stereocenters. The summed E-state index contributed by atoms with van der Waals surface area (Å²) in [6.07, 6.45) is 0. The number of hydrogen-bond acceptors (Lipinski definition) is 3. The van der Waals surface area contributed by atoms with Gasteiger partial charge in [-0.3, -0.25) is 4.79 Å². The van der Waals surface area contributed by atoms with Gasteiger partial charge in [0.1, 0.15) is 11.5 Å². The van der Waals surface area contributed by atoms with E-state index in [0.717, 1.165) is 0 Å². The van der Waals surface area contributed by atoms with Gasteiger partial charge in [0.25, 0.3) is 5.91 Å². The van der Waals surface area contributed by atoms with Crippen LogP contribution in [0.4, 0.5) is 8.78 Å². The minimum atomic E-state index is -2.90. The van der Waals surface area contributed by atoms with Crippen molar-refractivity contribution < 1.29 is 23.0 Å². The lowest BCUT2D eigenvalue weighted by Gasteiger charge is -2.10. The second kappa shape index (κ2) is 8.70. The average molecular weight is 376 g/mol. The Balaban J connectivity index is 1.82. The molecular formula is C16H13Cl2F2NO3. The first kappa shape index (κ1) is 18.3. The number of carbonyl (C=O) groups is 1. The van der Waals surface area contributed by atoms with Gasteiger partial charge in [-0.05, 0) is 35.9 Å².